The van der Waals surface area contributed by atoms with Crippen molar-refractivity contribution in [2.75, 3.05) is 13.1 Å². The van der Waals surface area contributed by atoms with Gasteiger partial charge in [0.15, 0.2) is 0 Å². The molecule has 2 N–H and O–H groups in total. The highest BCUT2D eigenvalue weighted by Gasteiger charge is 2.23. The average Bonchev–Trinajstić information content (AvgIpc) is 2.67. The van der Waals surface area contributed by atoms with Crippen LogP contribution in [0, 0.1) is 0 Å². The maximum Gasteiger partial charge on any atom is 0.323 e. The number of carboxylic acids is 2. The smallest absolute Gasteiger partial charge is 0.323 e. The molecule has 0 aliphatic carbocycles. The minimum Gasteiger partial charge on any atom is -0.480 e. The van der Waals surface area contributed by atoms with Crippen LogP contribution in [0.2, 0.25) is 0 Å². The first-order chi connectivity index (χ1) is 8.85. The number of aromatic nitrogens is 1. The molecule has 0 spiro atoms. The average molecular weight is 333 g/mol. The van der Waals surface area contributed by atoms with E-state index in [2.05, 4.69) is 15.9 Å². The van der Waals surface area contributed by atoms with E-state index < -0.39 is 30.9 Å². The Labute approximate surface area is 117 Å². The second kappa shape index (κ2) is 6.37. The molecular formula is C11H13BrN2O5. The fourth-order valence-corrected chi connectivity index (χ4v) is 2.07. The Balaban J connectivity index is 3.03. The fourth-order valence-electron chi connectivity index (χ4n) is 1.60. The van der Waals surface area contributed by atoms with Crippen LogP contribution in [0.1, 0.15) is 17.4 Å². The molecule has 104 valence electrons. The molecule has 0 unspecified atom stereocenters. The van der Waals surface area contributed by atoms with Crippen LogP contribution in [0.25, 0.3) is 0 Å². The lowest BCUT2D eigenvalue weighted by atomic mass is 10.3. The predicted molar refractivity (Wildman–Crippen MR) is 69.0 cm³/mol. The van der Waals surface area contributed by atoms with Crippen molar-refractivity contribution in [3.63, 3.8) is 0 Å². The highest BCUT2D eigenvalue weighted by atomic mass is 79.9. The van der Waals surface area contributed by atoms with Crippen LogP contribution in [0.4, 0.5) is 0 Å². The van der Waals surface area contributed by atoms with Crippen molar-refractivity contribution in [3.05, 3.63) is 22.4 Å². The van der Waals surface area contributed by atoms with E-state index in [1.54, 1.807) is 10.8 Å². The topological polar surface area (TPSA) is 99.8 Å². The molecule has 0 saturated carbocycles. The molecule has 0 fully saturated rings. The molecular weight excluding hydrogens is 320 g/mol. The van der Waals surface area contributed by atoms with Crippen molar-refractivity contribution in [1.29, 1.82) is 0 Å². The third-order valence-corrected chi connectivity index (χ3v) is 2.80. The van der Waals surface area contributed by atoms with E-state index in [1.165, 1.54) is 6.07 Å². The summed E-state index contributed by atoms with van der Waals surface area (Å²) in [6.45, 7) is 1.03. The van der Waals surface area contributed by atoms with Gasteiger partial charge in [0, 0.05) is 17.2 Å². The zero-order valence-corrected chi connectivity index (χ0v) is 11.8. The third kappa shape index (κ3) is 4.09. The van der Waals surface area contributed by atoms with Crippen molar-refractivity contribution in [3.8, 4) is 0 Å². The summed E-state index contributed by atoms with van der Waals surface area (Å²) in [5.74, 6) is -3.15. The number of amides is 1. The van der Waals surface area contributed by atoms with Gasteiger partial charge in [0.05, 0.1) is 0 Å². The van der Waals surface area contributed by atoms with Crippen molar-refractivity contribution < 1.29 is 24.6 Å². The van der Waals surface area contributed by atoms with Crippen LogP contribution in [0.15, 0.2) is 16.7 Å². The number of halogens is 1. The van der Waals surface area contributed by atoms with E-state index in [0.29, 0.717) is 11.0 Å². The summed E-state index contributed by atoms with van der Waals surface area (Å²) < 4.78 is 2.28. The first-order valence-electron chi connectivity index (χ1n) is 5.43. The van der Waals surface area contributed by atoms with Crippen molar-refractivity contribution in [2.24, 2.45) is 0 Å². The number of rotatable bonds is 6. The molecule has 1 aromatic rings. The predicted octanol–water partition coefficient (Wildman–Crippen LogP) is 0.882. The van der Waals surface area contributed by atoms with Gasteiger partial charge in [0.1, 0.15) is 18.8 Å². The second-order valence-corrected chi connectivity index (χ2v) is 4.69. The van der Waals surface area contributed by atoms with Gasteiger partial charge in [-0.05, 0) is 28.9 Å². The number of hydrogen-bond acceptors (Lipinski definition) is 3. The third-order valence-electron chi connectivity index (χ3n) is 2.36. The molecule has 1 aromatic heterocycles. The summed E-state index contributed by atoms with van der Waals surface area (Å²) in [6.07, 6.45) is 1.67. The van der Waals surface area contributed by atoms with Gasteiger partial charge < -0.3 is 19.7 Å². The van der Waals surface area contributed by atoms with Gasteiger partial charge in [-0.25, -0.2) is 0 Å². The molecule has 1 amide bonds. The van der Waals surface area contributed by atoms with Gasteiger partial charge in [-0.3, -0.25) is 14.4 Å². The highest BCUT2D eigenvalue weighted by molar-refractivity contribution is 9.10. The number of carbonyl (C=O) groups excluding carboxylic acids is 1. The Morgan fingerprint density at radius 2 is 1.79 bits per heavy atom. The maximum atomic E-state index is 12.2. The van der Waals surface area contributed by atoms with Crippen LogP contribution < -0.4 is 0 Å². The summed E-state index contributed by atoms with van der Waals surface area (Å²) in [5.41, 5.74) is 0.247. The summed E-state index contributed by atoms with van der Waals surface area (Å²) in [5, 5.41) is 17.4. The molecule has 0 aliphatic heterocycles. The number of carboxylic acid groups (broad SMARTS) is 2. The Morgan fingerprint density at radius 3 is 2.21 bits per heavy atom. The molecule has 0 aromatic carbocycles. The number of aliphatic carboxylic acids is 2. The first kappa shape index (κ1) is 15.2. The van der Waals surface area contributed by atoms with Crippen LogP contribution in [0.3, 0.4) is 0 Å². The molecule has 19 heavy (non-hydrogen) atoms. The number of carbonyl (C=O) groups is 3. The van der Waals surface area contributed by atoms with Gasteiger partial charge in [-0.15, -0.1) is 0 Å². The minimum absolute atomic E-state index is 0.247. The quantitative estimate of drug-likeness (QED) is 0.805. The summed E-state index contributed by atoms with van der Waals surface area (Å²) in [4.78, 5) is 34.3. The molecule has 0 aliphatic rings. The minimum atomic E-state index is -1.26. The van der Waals surface area contributed by atoms with Crippen molar-refractivity contribution in [2.45, 2.75) is 13.5 Å². The van der Waals surface area contributed by atoms with E-state index in [9.17, 15) is 14.4 Å². The molecule has 0 radical (unpaired) electrons. The fraction of sp³-hybridized carbons (Fsp3) is 0.364. The molecule has 1 heterocycles. The van der Waals surface area contributed by atoms with Gasteiger partial charge in [0.2, 0.25) is 0 Å². The summed E-state index contributed by atoms with van der Waals surface area (Å²) >= 11 is 3.22. The van der Waals surface area contributed by atoms with Gasteiger partial charge in [-0.1, -0.05) is 0 Å². The zero-order valence-electron chi connectivity index (χ0n) is 10.2. The van der Waals surface area contributed by atoms with Gasteiger partial charge in [0.25, 0.3) is 5.91 Å². The lowest BCUT2D eigenvalue weighted by Crippen LogP contribution is -2.40. The van der Waals surface area contributed by atoms with Crippen LogP contribution in [-0.4, -0.2) is 50.6 Å². The monoisotopic (exact) mass is 332 g/mol. The second-order valence-electron chi connectivity index (χ2n) is 3.78. The molecule has 7 nitrogen and oxygen atoms in total. The van der Waals surface area contributed by atoms with E-state index in [0.717, 1.165) is 4.90 Å². The maximum absolute atomic E-state index is 12.2. The lowest BCUT2D eigenvalue weighted by Gasteiger charge is -2.19. The Bertz CT molecular complexity index is 495. The van der Waals surface area contributed by atoms with Crippen LogP contribution in [-0.2, 0) is 16.1 Å². The number of aryl methyl sites for hydroxylation is 1. The molecule has 8 heteroatoms. The Hall–Kier alpha value is -1.83. The van der Waals surface area contributed by atoms with Gasteiger partial charge >= 0.3 is 11.9 Å². The standard InChI is InChI=1S/C11H13BrN2O5/c1-2-13-4-7(12)3-8(13)11(19)14(5-9(15)16)6-10(17)18/h3-4H,2,5-6H2,1H3,(H,15,16)(H,17,18). The molecule has 1 rings (SSSR count). The zero-order chi connectivity index (χ0) is 14.6. The summed E-state index contributed by atoms with van der Waals surface area (Å²) in [7, 11) is 0. The lowest BCUT2D eigenvalue weighted by molar-refractivity contribution is -0.140. The van der Waals surface area contributed by atoms with Crippen LogP contribution >= 0.6 is 15.9 Å². The largest absolute Gasteiger partial charge is 0.480 e. The molecule has 0 saturated heterocycles. The normalized spacial score (nSPS) is 10.2. The van der Waals surface area contributed by atoms with Crippen LogP contribution in [0.5, 0.6) is 0 Å². The molecule has 0 bridgehead atoms. The van der Waals surface area contributed by atoms with E-state index in [1.807, 2.05) is 6.92 Å². The van der Waals surface area contributed by atoms with E-state index in [-0.39, 0.29) is 5.69 Å². The molecule has 0 atom stereocenters. The highest BCUT2D eigenvalue weighted by Crippen LogP contribution is 2.16. The van der Waals surface area contributed by atoms with Crippen molar-refractivity contribution in [1.82, 2.24) is 9.47 Å². The summed E-state index contributed by atoms with van der Waals surface area (Å²) in [6, 6.07) is 1.53. The number of hydrogen-bond donors (Lipinski definition) is 2. The van der Waals surface area contributed by atoms with E-state index in [4.69, 9.17) is 10.2 Å². The SMILES string of the molecule is CCn1cc(Br)cc1C(=O)N(CC(=O)O)CC(=O)O. The first-order valence-corrected chi connectivity index (χ1v) is 6.23. The van der Waals surface area contributed by atoms with Crippen molar-refractivity contribution >= 4 is 33.8 Å². The number of nitrogens with zero attached hydrogens (tertiary/aromatic N) is 2. The Kier molecular flexibility index (Phi) is 5.11. The van der Waals surface area contributed by atoms with E-state index >= 15 is 0 Å². The Morgan fingerprint density at radius 1 is 1.26 bits per heavy atom. The van der Waals surface area contributed by atoms with Gasteiger partial charge in [-0.2, -0.15) is 0 Å².